The maximum Gasteiger partial charge on any atom is 1.00 e. The average Bonchev–Trinajstić information content (AvgIpc) is 1.72. The summed E-state index contributed by atoms with van der Waals surface area (Å²) in [6, 6.07) is 0. The van der Waals surface area contributed by atoms with E-state index in [0.717, 1.165) is 0 Å². The summed E-state index contributed by atoms with van der Waals surface area (Å²) in [6.45, 7) is 0. The minimum atomic E-state index is 0. The first-order chi connectivity index (χ1) is 3.00. The van der Waals surface area contributed by atoms with E-state index in [0.29, 0.717) is 0 Å². The summed E-state index contributed by atoms with van der Waals surface area (Å²) in [5.41, 5.74) is 0. The van der Waals surface area contributed by atoms with Crippen LogP contribution >= 0.6 is 11.9 Å². The van der Waals surface area contributed by atoms with Crippen LogP contribution in [0.2, 0.25) is 0 Å². The van der Waals surface area contributed by atoms with Crippen LogP contribution in [0.5, 0.6) is 0 Å². The van der Waals surface area contributed by atoms with Crippen LogP contribution in [0.25, 0.3) is 0 Å². The molecule has 0 aromatic carbocycles. The van der Waals surface area contributed by atoms with E-state index in [4.69, 9.17) is 0 Å². The topological polar surface area (TPSA) is 12.0 Å². The smallest absolute Gasteiger partial charge is 0.421 e. The second-order valence-corrected chi connectivity index (χ2v) is 1.57. The third-order valence-electron chi connectivity index (χ3n) is 0.444. The molecule has 0 radical (unpaired) electrons. The van der Waals surface area contributed by atoms with E-state index in [2.05, 4.69) is 10.9 Å². The van der Waals surface area contributed by atoms with Gasteiger partial charge in [-0.2, -0.15) is 6.20 Å². The van der Waals surface area contributed by atoms with E-state index in [1.165, 1.54) is 11.9 Å². The summed E-state index contributed by atoms with van der Waals surface area (Å²) < 4.78 is 2.81. The van der Waals surface area contributed by atoms with Gasteiger partial charge in [0, 0.05) is 0 Å². The van der Waals surface area contributed by atoms with Crippen molar-refractivity contribution in [1.29, 1.82) is 0 Å². The Morgan fingerprint density at radius 1 is 1.57 bits per heavy atom. The number of rotatable bonds is 0. The molecule has 1 aliphatic rings. The van der Waals surface area contributed by atoms with Gasteiger partial charge in [0.15, 0.2) is 0 Å². The van der Waals surface area contributed by atoms with Gasteiger partial charge in [-0.25, -0.2) is 12.2 Å². The first-order valence-corrected chi connectivity index (χ1v) is 2.52. The Labute approximate surface area is 57.9 Å². The van der Waals surface area contributed by atoms with Crippen LogP contribution in [0.3, 0.4) is 0 Å². The van der Waals surface area contributed by atoms with Gasteiger partial charge in [-0.15, -0.1) is 0 Å². The molecule has 0 saturated carbocycles. The molecule has 1 N–H and O–H groups in total. The van der Waals surface area contributed by atoms with Crippen LogP contribution < -0.4 is 4.72 Å². The van der Waals surface area contributed by atoms with Crippen molar-refractivity contribution in [1.82, 2.24) is 4.72 Å². The van der Waals surface area contributed by atoms with Crippen molar-refractivity contribution in [2.24, 2.45) is 0 Å². The molecule has 1 nitrogen and oxygen atoms in total. The van der Waals surface area contributed by atoms with Crippen molar-refractivity contribution < 1.29 is 17.1 Å². The van der Waals surface area contributed by atoms with E-state index in [1.807, 2.05) is 17.6 Å². The molecule has 3 heteroatoms. The summed E-state index contributed by atoms with van der Waals surface area (Å²) in [5.74, 6) is 0. The zero-order chi connectivity index (χ0) is 4.24. The molecular weight excluding hydrogens is 158 g/mol. The summed E-state index contributed by atoms with van der Waals surface area (Å²) in [6.07, 6.45) is 6.55. The molecule has 1 rings (SSSR count). The van der Waals surface area contributed by atoms with Crippen LogP contribution in [0.4, 0.5) is 0 Å². The van der Waals surface area contributed by atoms with Crippen molar-refractivity contribution in [3.8, 4) is 0 Å². The summed E-state index contributed by atoms with van der Waals surface area (Å²) in [7, 11) is 0. The van der Waals surface area contributed by atoms with Crippen LogP contribution in [-0.4, -0.2) is 0 Å². The van der Waals surface area contributed by atoms with Crippen molar-refractivity contribution in [2.75, 3.05) is 0 Å². The molecule has 0 saturated heterocycles. The van der Waals surface area contributed by atoms with E-state index >= 15 is 0 Å². The molecule has 0 bridgehead atoms. The van der Waals surface area contributed by atoms with Gasteiger partial charge in [0.1, 0.15) is 0 Å². The zero-order valence-corrected chi connectivity index (χ0v) is 5.20. The van der Waals surface area contributed by atoms with Crippen molar-refractivity contribution in [2.45, 2.75) is 0 Å². The first kappa shape index (κ1) is 7.15. The van der Waals surface area contributed by atoms with Crippen LogP contribution in [0.15, 0.2) is 17.6 Å². The number of hydrogen-bond donors (Lipinski definition) is 1. The quantitative estimate of drug-likeness (QED) is 0.324. The molecule has 1 aliphatic heterocycles. The fourth-order valence-corrected chi connectivity index (χ4v) is 0.590. The third-order valence-corrected chi connectivity index (χ3v) is 0.973. The normalized spacial score (nSPS) is 14.9. The predicted octanol–water partition coefficient (Wildman–Crippen LogP) is 1.07. The van der Waals surface area contributed by atoms with Crippen molar-refractivity contribution >= 4 is 11.9 Å². The Morgan fingerprint density at radius 2 is 2.43 bits per heavy atom. The van der Waals surface area contributed by atoms with Gasteiger partial charge >= 0.3 is 17.1 Å². The fraction of sp³-hybridized carbons (Fsp3) is 0. The predicted molar refractivity (Wildman–Crippen MR) is 27.7 cm³/mol. The van der Waals surface area contributed by atoms with Gasteiger partial charge in [-0.1, -0.05) is 17.4 Å². The maximum atomic E-state index is 2.81. The van der Waals surface area contributed by atoms with E-state index in [9.17, 15) is 0 Å². The van der Waals surface area contributed by atoms with Crippen LogP contribution in [-0.2, 0) is 17.1 Å². The molecule has 0 aromatic rings. The number of nitrogens with one attached hydrogen (secondary N) is 1. The summed E-state index contributed by atoms with van der Waals surface area (Å²) >= 11 is 1.52. The SMILES string of the molecule is [C-]1=CC=CSN1.[Cu+]. The minimum absolute atomic E-state index is 0. The molecule has 42 valence electrons. The number of hydrogen-bond acceptors (Lipinski definition) is 2. The number of allylic oxidation sites excluding steroid dienone is 2. The largest absolute Gasteiger partial charge is 1.00 e. The molecule has 0 aliphatic carbocycles. The van der Waals surface area contributed by atoms with Crippen molar-refractivity contribution in [3.63, 3.8) is 0 Å². The Morgan fingerprint density at radius 3 is 2.57 bits per heavy atom. The van der Waals surface area contributed by atoms with Crippen molar-refractivity contribution in [3.05, 3.63) is 23.8 Å². The van der Waals surface area contributed by atoms with E-state index in [-0.39, 0.29) is 17.1 Å². The monoisotopic (exact) mass is 161 g/mol. The fourth-order valence-electron chi connectivity index (χ4n) is 0.229. The Bertz CT molecular complexity index is 77.7. The summed E-state index contributed by atoms with van der Waals surface area (Å²) in [4.78, 5) is 0. The van der Waals surface area contributed by atoms with Crippen LogP contribution in [0.1, 0.15) is 0 Å². The molecular formula is C4H4CuNS. The average molecular weight is 162 g/mol. The second-order valence-electron chi connectivity index (χ2n) is 0.859. The molecule has 0 fully saturated rings. The van der Waals surface area contributed by atoms with E-state index in [1.54, 1.807) is 0 Å². The zero-order valence-electron chi connectivity index (χ0n) is 3.44. The Hall–Kier alpha value is 0.149. The second kappa shape index (κ2) is 4.31. The van der Waals surface area contributed by atoms with Gasteiger partial charge < -0.3 is 4.72 Å². The first-order valence-electron chi connectivity index (χ1n) is 1.65. The molecule has 0 amide bonds. The Kier molecular flexibility index (Phi) is 4.40. The molecule has 1 heterocycles. The van der Waals surface area contributed by atoms with E-state index < -0.39 is 0 Å². The molecule has 0 spiro atoms. The van der Waals surface area contributed by atoms with Gasteiger partial charge in [-0.3, -0.25) is 0 Å². The van der Waals surface area contributed by atoms with Gasteiger partial charge in [0.05, 0.1) is 0 Å². The standard InChI is InChI=1S/C4H4NS.Cu/c1-2-4-6-5-3-1;/h1-2,4-5H;/q-1;+1. The molecule has 0 atom stereocenters. The van der Waals surface area contributed by atoms with Gasteiger partial charge in [0.25, 0.3) is 0 Å². The summed E-state index contributed by atoms with van der Waals surface area (Å²) in [5, 5.41) is 1.95. The minimum Gasteiger partial charge on any atom is -0.421 e. The van der Waals surface area contributed by atoms with Crippen LogP contribution in [0, 0.1) is 6.20 Å². The van der Waals surface area contributed by atoms with Gasteiger partial charge in [0.2, 0.25) is 0 Å². The Balaban J connectivity index is 0.000000360. The molecule has 0 unspecified atom stereocenters. The molecule has 7 heavy (non-hydrogen) atoms. The maximum absolute atomic E-state index is 2.81. The molecule has 0 aromatic heterocycles. The third kappa shape index (κ3) is 2.80. The van der Waals surface area contributed by atoms with Gasteiger partial charge in [-0.05, 0) is 0 Å².